The first-order valence-corrected chi connectivity index (χ1v) is 11.6. The molecule has 1 fully saturated rings. The van der Waals surface area contributed by atoms with Gasteiger partial charge in [0, 0.05) is 43.9 Å². The first-order chi connectivity index (χ1) is 15.3. The number of piperazine rings is 1. The monoisotopic (exact) mass is 453 g/mol. The van der Waals surface area contributed by atoms with E-state index in [1.54, 1.807) is 6.92 Å². The predicted octanol–water partition coefficient (Wildman–Crippen LogP) is 3.18. The van der Waals surface area contributed by atoms with E-state index >= 15 is 0 Å². The SMILES string of the molecule is Cc1ccc(-c2ccc(N3CCN(S(=O)(=O)c4cc([N+](=O)[O-])ccc4C)CC3)nn2)cc1. The molecule has 1 saturated heterocycles. The number of aryl methyl sites for hydroxylation is 2. The van der Waals surface area contributed by atoms with Crippen LogP contribution in [-0.4, -0.2) is 54.0 Å². The summed E-state index contributed by atoms with van der Waals surface area (Å²) < 4.78 is 27.6. The van der Waals surface area contributed by atoms with Crippen molar-refractivity contribution in [3.05, 3.63) is 75.8 Å². The zero-order chi connectivity index (χ0) is 22.9. The second kappa shape index (κ2) is 8.64. The van der Waals surface area contributed by atoms with Crippen molar-refractivity contribution in [1.82, 2.24) is 14.5 Å². The van der Waals surface area contributed by atoms with E-state index in [1.807, 2.05) is 48.2 Å². The molecule has 0 N–H and O–H groups in total. The van der Waals surface area contributed by atoms with Gasteiger partial charge in [0.2, 0.25) is 10.0 Å². The lowest BCUT2D eigenvalue weighted by Crippen LogP contribution is -2.49. The van der Waals surface area contributed by atoms with E-state index < -0.39 is 14.9 Å². The highest BCUT2D eigenvalue weighted by Crippen LogP contribution is 2.26. The Labute approximate surface area is 186 Å². The number of benzene rings is 2. The van der Waals surface area contributed by atoms with Crippen molar-refractivity contribution in [2.45, 2.75) is 18.7 Å². The van der Waals surface area contributed by atoms with Gasteiger partial charge in [-0.2, -0.15) is 4.31 Å². The molecule has 0 atom stereocenters. The molecule has 32 heavy (non-hydrogen) atoms. The maximum absolute atomic E-state index is 13.1. The molecule has 1 aliphatic rings. The van der Waals surface area contributed by atoms with Crippen molar-refractivity contribution in [2.24, 2.45) is 0 Å². The molecular formula is C22H23N5O4S. The number of nitrogens with zero attached hydrogens (tertiary/aromatic N) is 5. The van der Waals surface area contributed by atoms with Gasteiger partial charge in [-0.3, -0.25) is 10.1 Å². The third-order valence-corrected chi connectivity index (χ3v) is 7.60. The lowest BCUT2D eigenvalue weighted by molar-refractivity contribution is -0.385. The summed E-state index contributed by atoms with van der Waals surface area (Å²) in [4.78, 5) is 12.4. The van der Waals surface area contributed by atoms with Gasteiger partial charge in [0.15, 0.2) is 5.82 Å². The van der Waals surface area contributed by atoms with Crippen LogP contribution in [-0.2, 0) is 10.0 Å². The minimum atomic E-state index is -3.83. The summed E-state index contributed by atoms with van der Waals surface area (Å²) in [5.74, 6) is 0.685. The minimum Gasteiger partial charge on any atom is -0.352 e. The number of aromatic nitrogens is 2. The fourth-order valence-corrected chi connectivity index (χ4v) is 5.32. The maximum atomic E-state index is 13.1. The van der Waals surface area contributed by atoms with Gasteiger partial charge >= 0.3 is 0 Å². The molecule has 166 valence electrons. The van der Waals surface area contributed by atoms with E-state index in [9.17, 15) is 18.5 Å². The molecule has 0 bridgehead atoms. The summed E-state index contributed by atoms with van der Waals surface area (Å²) in [5, 5.41) is 19.7. The molecule has 0 radical (unpaired) electrons. The van der Waals surface area contributed by atoms with Gasteiger partial charge in [-0.25, -0.2) is 8.42 Å². The van der Waals surface area contributed by atoms with Crippen molar-refractivity contribution in [2.75, 3.05) is 31.1 Å². The second-order valence-corrected chi connectivity index (χ2v) is 9.65. The van der Waals surface area contributed by atoms with Crippen LogP contribution in [0.5, 0.6) is 0 Å². The van der Waals surface area contributed by atoms with Crippen molar-refractivity contribution in [3.63, 3.8) is 0 Å². The van der Waals surface area contributed by atoms with Gasteiger partial charge < -0.3 is 4.90 Å². The fraction of sp³-hybridized carbons (Fsp3) is 0.273. The Bertz CT molecular complexity index is 1240. The molecule has 4 rings (SSSR count). The molecule has 2 aromatic carbocycles. The number of hydrogen-bond acceptors (Lipinski definition) is 7. The van der Waals surface area contributed by atoms with Gasteiger partial charge in [0.1, 0.15) is 0 Å². The Hall–Kier alpha value is -3.37. The normalized spacial score (nSPS) is 15.0. The number of non-ortho nitro benzene ring substituents is 1. The highest BCUT2D eigenvalue weighted by atomic mass is 32.2. The zero-order valence-corrected chi connectivity index (χ0v) is 18.6. The van der Waals surface area contributed by atoms with E-state index in [-0.39, 0.29) is 23.7 Å². The van der Waals surface area contributed by atoms with Gasteiger partial charge in [-0.15, -0.1) is 10.2 Å². The molecule has 0 spiro atoms. The van der Waals surface area contributed by atoms with Gasteiger partial charge in [-0.05, 0) is 31.5 Å². The van der Waals surface area contributed by atoms with Crippen LogP contribution < -0.4 is 4.90 Å². The summed E-state index contributed by atoms with van der Waals surface area (Å²) in [6.07, 6.45) is 0. The van der Waals surface area contributed by atoms with Crippen LogP contribution in [0.1, 0.15) is 11.1 Å². The number of anilines is 1. The smallest absolute Gasteiger partial charge is 0.270 e. The number of hydrogen-bond donors (Lipinski definition) is 0. The number of nitro groups is 1. The predicted molar refractivity (Wildman–Crippen MR) is 121 cm³/mol. The lowest BCUT2D eigenvalue weighted by Gasteiger charge is -2.34. The molecule has 3 aromatic rings. The van der Waals surface area contributed by atoms with Crippen LogP contribution in [0.25, 0.3) is 11.3 Å². The third kappa shape index (κ3) is 4.32. The van der Waals surface area contributed by atoms with Crippen LogP contribution in [0, 0.1) is 24.0 Å². The molecule has 1 aliphatic heterocycles. The van der Waals surface area contributed by atoms with Crippen LogP contribution in [0.4, 0.5) is 11.5 Å². The Kier molecular flexibility index (Phi) is 5.90. The Morgan fingerprint density at radius 1 is 0.906 bits per heavy atom. The Morgan fingerprint density at radius 3 is 2.19 bits per heavy atom. The van der Waals surface area contributed by atoms with Crippen LogP contribution in [0.2, 0.25) is 0 Å². The Balaban J connectivity index is 1.46. The van der Waals surface area contributed by atoms with Gasteiger partial charge in [-0.1, -0.05) is 35.9 Å². The Morgan fingerprint density at radius 2 is 1.59 bits per heavy atom. The summed E-state index contributed by atoms with van der Waals surface area (Å²) in [7, 11) is -3.83. The number of sulfonamides is 1. The van der Waals surface area contributed by atoms with Crippen molar-refractivity contribution < 1.29 is 13.3 Å². The lowest BCUT2D eigenvalue weighted by atomic mass is 10.1. The first-order valence-electron chi connectivity index (χ1n) is 10.2. The molecule has 2 heterocycles. The maximum Gasteiger partial charge on any atom is 0.270 e. The summed E-state index contributed by atoms with van der Waals surface area (Å²) in [6.45, 7) is 5.08. The molecule has 0 unspecified atom stereocenters. The number of rotatable bonds is 5. The second-order valence-electron chi connectivity index (χ2n) is 7.74. The zero-order valence-electron chi connectivity index (χ0n) is 17.8. The van der Waals surface area contributed by atoms with Crippen molar-refractivity contribution >= 4 is 21.5 Å². The van der Waals surface area contributed by atoms with Gasteiger partial charge in [0.25, 0.3) is 5.69 Å². The summed E-state index contributed by atoms with van der Waals surface area (Å²) in [5.41, 5.74) is 3.17. The van der Waals surface area contributed by atoms with E-state index in [0.29, 0.717) is 24.5 Å². The molecular weight excluding hydrogens is 430 g/mol. The van der Waals surface area contributed by atoms with Crippen LogP contribution >= 0.6 is 0 Å². The third-order valence-electron chi connectivity index (χ3n) is 5.56. The van der Waals surface area contributed by atoms with E-state index in [4.69, 9.17) is 0 Å². The molecule has 1 aromatic heterocycles. The fourth-order valence-electron chi connectivity index (χ4n) is 3.65. The molecule has 0 saturated carbocycles. The van der Waals surface area contributed by atoms with E-state index in [2.05, 4.69) is 10.2 Å². The topological polar surface area (TPSA) is 110 Å². The molecule has 10 heteroatoms. The van der Waals surface area contributed by atoms with Crippen molar-refractivity contribution in [1.29, 1.82) is 0 Å². The van der Waals surface area contributed by atoms with Crippen molar-refractivity contribution in [3.8, 4) is 11.3 Å². The van der Waals surface area contributed by atoms with Crippen LogP contribution in [0.3, 0.4) is 0 Å². The average molecular weight is 454 g/mol. The minimum absolute atomic E-state index is 0.0256. The quantitative estimate of drug-likeness (QED) is 0.431. The standard InChI is InChI=1S/C22H23N5O4S/c1-16-3-6-18(7-4-16)20-9-10-22(24-23-20)25-11-13-26(14-12-25)32(30,31)21-15-19(27(28)29)8-5-17(21)2/h3-10,15H,11-14H2,1-2H3. The number of nitro benzene ring substituents is 1. The van der Waals surface area contributed by atoms with E-state index in [1.165, 1.54) is 22.0 Å². The van der Waals surface area contributed by atoms with Crippen LogP contribution in [0.15, 0.2) is 59.5 Å². The van der Waals surface area contributed by atoms with E-state index in [0.717, 1.165) is 17.3 Å². The molecule has 9 nitrogen and oxygen atoms in total. The largest absolute Gasteiger partial charge is 0.352 e. The average Bonchev–Trinajstić information content (AvgIpc) is 2.80. The first kappa shape index (κ1) is 21.8. The molecule has 0 aliphatic carbocycles. The highest BCUT2D eigenvalue weighted by Gasteiger charge is 2.31. The summed E-state index contributed by atoms with van der Waals surface area (Å²) in [6, 6.07) is 15.7. The van der Waals surface area contributed by atoms with Gasteiger partial charge in [0.05, 0.1) is 15.5 Å². The summed E-state index contributed by atoms with van der Waals surface area (Å²) >= 11 is 0. The highest BCUT2D eigenvalue weighted by molar-refractivity contribution is 7.89. The molecule has 0 amide bonds.